The number of rotatable bonds is 3. The van der Waals surface area contributed by atoms with E-state index in [-0.39, 0.29) is 0 Å². The van der Waals surface area contributed by atoms with Crippen LogP contribution in [0.15, 0.2) is 42.5 Å². The molecule has 3 heteroatoms. The van der Waals surface area contributed by atoms with Crippen LogP contribution in [0.5, 0.6) is 0 Å². The number of hydrogen-bond acceptors (Lipinski definition) is 3. The topological polar surface area (TPSA) is 59.6 Å². The van der Waals surface area contributed by atoms with Gasteiger partial charge in [0.25, 0.3) is 0 Å². The zero-order valence-electron chi connectivity index (χ0n) is 10.6. The monoisotopic (exact) mass is 247 g/mol. The van der Waals surface area contributed by atoms with Crippen LogP contribution in [0.3, 0.4) is 0 Å². The summed E-state index contributed by atoms with van der Waals surface area (Å²) in [6.45, 7) is 2.57. The lowest BCUT2D eigenvalue weighted by Crippen LogP contribution is -2.00. The second-order valence-corrected chi connectivity index (χ2v) is 4.31. The first-order valence-electron chi connectivity index (χ1n) is 5.96. The maximum Gasteiger partial charge on any atom is 0.0994 e. The Labute approximate surface area is 112 Å². The van der Waals surface area contributed by atoms with Crippen LogP contribution >= 0.6 is 0 Å². The summed E-state index contributed by atoms with van der Waals surface area (Å²) in [5.74, 6) is 0. The molecule has 0 fully saturated rings. The standard InChI is InChI=1S/C16H13N3/c1-12-7-16(6-5-15(12)10-18)19-11-14-4-2-3-13(8-14)9-17/h2-8,19H,11H2,1H3. The Morgan fingerprint density at radius 3 is 2.58 bits per heavy atom. The number of nitriles is 2. The molecule has 0 bridgehead atoms. The molecule has 92 valence electrons. The molecule has 0 aliphatic carbocycles. The molecule has 0 saturated heterocycles. The fourth-order valence-electron chi connectivity index (χ4n) is 1.85. The van der Waals surface area contributed by atoms with E-state index < -0.39 is 0 Å². The molecule has 1 N–H and O–H groups in total. The van der Waals surface area contributed by atoms with Gasteiger partial charge >= 0.3 is 0 Å². The van der Waals surface area contributed by atoms with Crippen molar-refractivity contribution in [1.29, 1.82) is 10.5 Å². The number of hydrogen-bond donors (Lipinski definition) is 1. The number of aryl methyl sites for hydroxylation is 1. The summed E-state index contributed by atoms with van der Waals surface area (Å²) >= 11 is 0. The normalized spacial score (nSPS) is 9.42. The second kappa shape index (κ2) is 5.71. The van der Waals surface area contributed by atoms with Crippen LogP contribution < -0.4 is 5.32 Å². The molecule has 0 aliphatic rings. The smallest absolute Gasteiger partial charge is 0.0994 e. The van der Waals surface area contributed by atoms with Gasteiger partial charge in [-0.2, -0.15) is 10.5 Å². The van der Waals surface area contributed by atoms with Crippen molar-refractivity contribution < 1.29 is 0 Å². The average molecular weight is 247 g/mol. The highest BCUT2D eigenvalue weighted by Crippen LogP contribution is 2.15. The lowest BCUT2D eigenvalue weighted by Gasteiger charge is -2.08. The van der Waals surface area contributed by atoms with E-state index in [0.29, 0.717) is 17.7 Å². The minimum atomic E-state index is 0.654. The van der Waals surface area contributed by atoms with E-state index in [2.05, 4.69) is 17.5 Å². The molecule has 0 saturated carbocycles. The minimum absolute atomic E-state index is 0.654. The summed E-state index contributed by atoms with van der Waals surface area (Å²) in [5.41, 5.74) is 4.34. The van der Waals surface area contributed by atoms with Gasteiger partial charge in [0.05, 0.1) is 23.3 Å². The van der Waals surface area contributed by atoms with Crippen molar-refractivity contribution in [3.8, 4) is 12.1 Å². The van der Waals surface area contributed by atoms with E-state index in [0.717, 1.165) is 16.8 Å². The molecular weight excluding hydrogens is 234 g/mol. The Kier molecular flexibility index (Phi) is 3.81. The summed E-state index contributed by atoms with van der Waals surface area (Å²) in [6.07, 6.45) is 0. The van der Waals surface area contributed by atoms with Gasteiger partial charge in [-0.1, -0.05) is 12.1 Å². The van der Waals surface area contributed by atoms with Gasteiger partial charge in [-0.05, 0) is 48.4 Å². The van der Waals surface area contributed by atoms with Crippen LogP contribution in [-0.4, -0.2) is 0 Å². The highest BCUT2D eigenvalue weighted by Gasteiger charge is 2.00. The lowest BCUT2D eigenvalue weighted by molar-refractivity contribution is 1.14. The van der Waals surface area contributed by atoms with Crippen LogP contribution in [0.2, 0.25) is 0 Å². The summed E-state index contributed by atoms with van der Waals surface area (Å²) in [7, 11) is 0. The van der Waals surface area contributed by atoms with Crippen LogP contribution in [0.25, 0.3) is 0 Å². The van der Waals surface area contributed by atoms with E-state index >= 15 is 0 Å². The Hall–Kier alpha value is -2.78. The van der Waals surface area contributed by atoms with Crippen molar-refractivity contribution in [2.24, 2.45) is 0 Å². The van der Waals surface area contributed by atoms with Crippen molar-refractivity contribution in [2.45, 2.75) is 13.5 Å². The van der Waals surface area contributed by atoms with E-state index in [1.807, 2.05) is 43.3 Å². The highest BCUT2D eigenvalue weighted by atomic mass is 14.9. The summed E-state index contributed by atoms with van der Waals surface area (Å²) in [4.78, 5) is 0. The highest BCUT2D eigenvalue weighted by molar-refractivity contribution is 5.52. The van der Waals surface area contributed by atoms with Gasteiger partial charge in [-0.15, -0.1) is 0 Å². The maximum atomic E-state index is 8.87. The van der Waals surface area contributed by atoms with Crippen molar-refractivity contribution in [2.75, 3.05) is 5.32 Å². The first-order valence-corrected chi connectivity index (χ1v) is 5.96. The lowest BCUT2D eigenvalue weighted by atomic mass is 10.1. The molecule has 2 rings (SSSR count). The quantitative estimate of drug-likeness (QED) is 0.904. The molecule has 0 heterocycles. The molecule has 0 aliphatic heterocycles. The number of nitrogens with zero attached hydrogens (tertiary/aromatic N) is 2. The van der Waals surface area contributed by atoms with Crippen LogP contribution in [0.1, 0.15) is 22.3 Å². The number of benzene rings is 2. The third-order valence-corrected chi connectivity index (χ3v) is 2.90. The zero-order valence-corrected chi connectivity index (χ0v) is 10.6. The van der Waals surface area contributed by atoms with Gasteiger partial charge in [-0.25, -0.2) is 0 Å². The first-order chi connectivity index (χ1) is 9.22. The van der Waals surface area contributed by atoms with Gasteiger partial charge in [0.1, 0.15) is 0 Å². The molecule has 0 aromatic heterocycles. The Bertz CT molecular complexity index is 675. The fourth-order valence-corrected chi connectivity index (χ4v) is 1.85. The van der Waals surface area contributed by atoms with Gasteiger partial charge in [0.2, 0.25) is 0 Å². The van der Waals surface area contributed by atoms with Crippen molar-refractivity contribution >= 4 is 5.69 Å². The molecule has 0 spiro atoms. The molecule has 2 aromatic rings. The van der Waals surface area contributed by atoms with Gasteiger partial charge in [-0.3, -0.25) is 0 Å². The fraction of sp³-hybridized carbons (Fsp3) is 0.125. The van der Waals surface area contributed by atoms with Crippen LogP contribution in [-0.2, 0) is 6.54 Å². The Balaban J connectivity index is 2.09. The van der Waals surface area contributed by atoms with E-state index in [9.17, 15) is 0 Å². The van der Waals surface area contributed by atoms with Gasteiger partial charge in [0.15, 0.2) is 0 Å². The summed E-state index contributed by atoms with van der Waals surface area (Å²) in [6, 6.07) is 17.4. The Morgan fingerprint density at radius 2 is 1.89 bits per heavy atom. The van der Waals surface area contributed by atoms with Crippen molar-refractivity contribution in [1.82, 2.24) is 0 Å². The molecule has 2 aromatic carbocycles. The minimum Gasteiger partial charge on any atom is -0.381 e. The number of anilines is 1. The average Bonchev–Trinajstić information content (AvgIpc) is 2.45. The van der Waals surface area contributed by atoms with Gasteiger partial charge in [0, 0.05) is 12.2 Å². The molecule has 0 amide bonds. The van der Waals surface area contributed by atoms with Gasteiger partial charge < -0.3 is 5.32 Å². The molecule has 3 nitrogen and oxygen atoms in total. The first kappa shape index (κ1) is 12.7. The SMILES string of the molecule is Cc1cc(NCc2cccc(C#N)c2)ccc1C#N. The molecule has 0 radical (unpaired) electrons. The van der Waals surface area contributed by atoms with E-state index in [1.165, 1.54) is 0 Å². The molecule has 19 heavy (non-hydrogen) atoms. The third-order valence-electron chi connectivity index (χ3n) is 2.90. The van der Waals surface area contributed by atoms with Crippen molar-refractivity contribution in [3.63, 3.8) is 0 Å². The zero-order chi connectivity index (χ0) is 13.7. The summed E-state index contributed by atoms with van der Waals surface area (Å²) < 4.78 is 0. The third kappa shape index (κ3) is 3.12. The van der Waals surface area contributed by atoms with Crippen LogP contribution in [0.4, 0.5) is 5.69 Å². The largest absolute Gasteiger partial charge is 0.381 e. The van der Waals surface area contributed by atoms with Crippen molar-refractivity contribution in [3.05, 3.63) is 64.7 Å². The number of nitrogens with one attached hydrogen (secondary N) is 1. The van der Waals surface area contributed by atoms with Crippen LogP contribution in [0, 0.1) is 29.6 Å². The maximum absolute atomic E-state index is 8.87. The van der Waals surface area contributed by atoms with E-state index in [1.54, 1.807) is 6.07 Å². The molecule has 0 unspecified atom stereocenters. The van der Waals surface area contributed by atoms with E-state index in [4.69, 9.17) is 10.5 Å². The predicted octanol–water partition coefficient (Wildman–Crippen LogP) is 3.35. The molecular formula is C16H13N3. The second-order valence-electron chi connectivity index (χ2n) is 4.31. The Morgan fingerprint density at radius 1 is 1.05 bits per heavy atom. The summed E-state index contributed by atoms with van der Waals surface area (Å²) in [5, 5.41) is 21.0. The predicted molar refractivity (Wildman–Crippen MR) is 74.4 cm³/mol. The molecule has 0 atom stereocenters.